The van der Waals surface area contributed by atoms with Crippen LogP contribution in [-0.2, 0) is 16.1 Å². The molecule has 0 amide bonds. The van der Waals surface area contributed by atoms with Gasteiger partial charge in [0.05, 0.1) is 11.3 Å². The molecule has 1 aliphatic heterocycles. The number of aromatic nitrogens is 1. The number of fused-ring (bicyclic) bond motifs is 2. The number of rotatable bonds is 7. The molecule has 0 unspecified atom stereocenters. The maximum atomic E-state index is 13.3. The minimum absolute atomic E-state index is 0.187. The lowest BCUT2D eigenvalue weighted by molar-refractivity contribution is -0.136. The Labute approximate surface area is 197 Å². The Morgan fingerprint density at radius 2 is 1.74 bits per heavy atom. The molecule has 0 aliphatic carbocycles. The fourth-order valence-corrected chi connectivity index (χ4v) is 4.25. The van der Waals surface area contributed by atoms with Crippen molar-refractivity contribution < 1.29 is 23.8 Å². The average molecular weight is 453 g/mol. The fraction of sp³-hybridized carbons (Fsp3) is 0.143. The van der Waals surface area contributed by atoms with E-state index in [0.717, 1.165) is 27.7 Å². The number of hydrogen-bond acceptors (Lipinski definition) is 5. The van der Waals surface area contributed by atoms with E-state index in [1.54, 1.807) is 18.2 Å². The Morgan fingerprint density at radius 1 is 0.971 bits per heavy atom. The Kier molecular flexibility index (Phi) is 5.87. The highest BCUT2D eigenvalue weighted by Gasteiger charge is 2.23. The second kappa shape index (κ2) is 9.27. The molecule has 4 aromatic rings. The van der Waals surface area contributed by atoms with Crippen molar-refractivity contribution in [2.45, 2.75) is 13.5 Å². The molecule has 0 atom stereocenters. The van der Waals surface area contributed by atoms with Gasteiger partial charge in [0.1, 0.15) is 0 Å². The summed E-state index contributed by atoms with van der Waals surface area (Å²) in [5.41, 5.74) is 4.08. The van der Waals surface area contributed by atoms with Gasteiger partial charge in [-0.15, -0.1) is 0 Å². The van der Waals surface area contributed by atoms with Gasteiger partial charge in [-0.3, -0.25) is 4.79 Å². The predicted molar refractivity (Wildman–Crippen MR) is 130 cm³/mol. The molecule has 3 aromatic carbocycles. The Balaban J connectivity index is 1.38. The zero-order chi connectivity index (χ0) is 23.5. The second-order valence-corrected chi connectivity index (χ2v) is 7.83. The van der Waals surface area contributed by atoms with Crippen molar-refractivity contribution in [3.05, 3.63) is 90.0 Å². The summed E-state index contributed by atoms with van der Waals surface area (Å²) >= 11 is 0. The molecule has 0 radical (unpaired) electrons. The van der Waals surface area contributed by atoms with Crippen LogP contribution in [0.15, 0.2) is 78.9 Å². The molecule has 6 nitrogen and oxygen atoms in total. The number of ketones is 1. The topological polar surface area (TPSA) is 66.8 Å². The molecule has 1 aliphatic rings. The predicted octanol–water partition coefficient (Wildman–Crippen LogP) is 5.50. The lowest BCUT2D eigenvalue weighted by Crippen LogP contribution is -2.13. The average Bonchev–Trinajstić information content (AvgIpc) is 3.48. The molecule has 2 heterocycles. The van der Waals surface area contributed by atoms with E-state index in [1.807, 2.05) is 67.6 Å². The van der Waals surface area contributed by atoms with Crippen LogP contribution in [0.25, 0.3) is 28.2 Å². The third-order valence-corrected chi connectivity index (χ3v) is 5.77. The number of para-hydroxylation sites is 1. The highest BCUT2D eigenvalue weighted by molar-refractivity contribution is 6.14. The zero-order valence-electron chi connectivity index (χ0n) is 18.7. The number of ether oxygens (including phenoxy) is 3. The number of benzene rings is 3. The smallest absolute Gasteiger partial charge is 0.331 e. The SMILES string of the molecule is CCn1c(-c2ccccc2)c(C(=O)COC(=O)/C=C/c2ccc3c(c2)OCO3)c2ccccc21. The van der Waals surface area contributed by atoms with Crippen molar-refractivity contribution in [3.8, 4) is 22.8 Å². The van der Waals surface area contributed by atoms with Crippen LogP contribution in [0.2, 0.25) is 0 Å². The largest absolute Gasteiger partial charge is 0.454 e. The van der Waals surface area contributed by atoms with Crippen LogP contribution in [-0.4, -0.2) is 29.7 Å². The molecule has 5 rings (SSSR count). The Morgan fingerprint density at radius 3 is 2.56 bits per heavy atom. The Hall–Kier alpha value is -4.32. The van der Waals surface area contributed by atoms with E-state index >= 15 is 0 Å². The molecule has 0 saturated carbocycles. The number of carbonyl (C=O) groups is 2. The number of nitrogens with zero attached hydrogens (tertiary/aromatic N) is 1. The van der Waals surface area contributed by atoms with Crippen molar-refractivity contribution in [3.63, 3.8) is 0 Å². The summed E-state index contributed by atoms with van der Waals surface area (Å²) in [6, 6.07) is 23.0. The van der Waals surface area contributed by atoms with Crippen LogP contribution < -0.4 is 9.47 Å². The first-order valence-corrected chi connectivity index (χ1v) is 11.1. The number of carbonyl (C=O) groups excluding carboxylic acids is 2. The molecular formula is C28H23NO5. The van der Waals surface area contributed by atoms with Gasteiger partial charge in [-0.2, -0.15) is 0 Å². The normalized spacial score (nSPS) is 12.4. The molecule has 170 valence electrons. The van der Waals surface area contributed by atoms with E-state index in [4.69, 9.17) is 14.2 Å². The maximum Gasteiger partial charge on any atom is 0.331 e. The first-order valence-electron chi connectivity index (χ1n) is 11.1. The van der Waals surface area contributed by atoms with Gasteiger partial charge in [-0.25, -0.2) is 4.79 Å². The molecule has 0 bridgehead atoms. The molecule has 0 saturated heterocycles. The maximum absolute atomic E-state index is 13.3. The van der Waals surface area contributed by atoms with Gasteiger partial charge in [0.15, 0.2) is 18.1 Å². The minimum Gasteiger partial charge on any atom is -0.454 e. The summed E-state index contributed by atoms with van der Waals surface area (Å²) < 4.78 is 18.1. The van der Waals surface area contributed by atoms with Crippen LogP contribution in [0.3, 0.4) is 0 Å². The van der Waals surface area contributed by atoms with E-state index in [0.29, 0.717) is 23.6 Å². The van der Waals surface area contributed by atoms with E-state index < -0.39 is 5.97 Å². The van der Waals surface area contributed by atoms with Gasteiger partial charge in [0, 0.05) is 23.5 Å². The van der Waals surface area contributed by atoms with Gasteiger partial charge in [0.25, 0.3) is 0 Å². The summed E-state index contributed by atoms with van der Waals surface area (Å²) in [7, 11) is 0. The number of Topliss-reactive ketones (excluding diaryl/α,β-unsaturated/α-hetero) is 1. The summed E-state index contributed by atoms with van der Waals surface area (Å²) in [6.45, 7) is 2.60. The fourth-order valence-electron chi connectivity index (χ4n) is 4.25. The van der Waals surface area contributed by atoms with Crippen LogP contribution in [0.4, 0.5) is 0 Å². The van der Waals surface area contributed by atoms with Crippen LogP contribution in [0, 0.1) is 0 Å². The third kappa shape index (κ3) is 4.06. The molecule has 34 heavy (non-hydrogen) atoms. The van der Waals surface area contributed by atoms with Crippen LogP contribution in [0.1, 0.15) is 22.8 Å². The van der Waals surface area contributed by atoms with Gasteiger partial charge in [-0.1, -0.05) is 54.6 Å². The van der Waals surface area contributed by atoms with Crippen molar-refractivity contribution >= 4 is 28.7 Å². The second-order valence-electron chi connectivity index (χ2n) is 7.83. The lowest BCUT2D eigenvalue weighted by atomic mass is 10.0. The van der Waals surface area contributed by atoms with Crippen molar-refractivity contribution in [2.75, 3.05) is 13.4 Å². The highest BCUT2D eigenvalue weighted by atomic mass is 16.7. The summed E-state index contributed by atoms with van der Waals surface area (Å²) in [5.74, 6) is 0.468. The van der Waals surface area contributed by atoms with Gasteiger partial charge in [0.2, 0.25) is 12.6 Å². The highest BCUT2D eigenvalue weighted by Crippen LogP contribution is 2.35. The van der Waals surface area contributed by atoms with Crippen LogP contribution >= 0.6 is 0 Å². The number of hydrogen-bond donors (Lipinski definition) is 0. The first-order chi connectivity index (χ1) is 16.7. The molecule has 0 spiro atoms. The molecule has 0 fully saturated rings. The van der Waals surface area contributed by atoms with E-state index in [9.17, 15) is 9.59 Å². The van der Waals surface area contributed by atoms with Gasteiger partial charge < -0.3 is 18.8 Å². The number of esters is 1. The Bertz CT molecular complexity index is 1400. The third-order valence-electron chi connectivity index (χ3n) is 5.77. The lowest BCUT2D eigenvalue weighted by Gasteiger charge is -2.10. The molecular weight excluding hydrogens is 430 g/mol. The molecule has 6 heteroatoms. The van der Waals surface area contributed by atoms with E-state index in [1.165, 1.54) is 6.08 Å². The van der Waals surface area contributed by atoms with Gasteiger partial charge >= 0.3 is 5.97 Å². The summed E-state index contributed by atoms with van der Waals surface area (Å²) in [5, 5.41) is 0.847. The number of aryl methyl sites for hydroxylation is 1. The van der Waals surface area contributed by atoms with Gasteiger partial charge in [-0.05, 0) is 42.3 Å². The zero-order valence-corrected chi connectivity index (χ0v) is 18.7. The molecule has 0 N–H and O–H groups in total. The molecule has 1 aromatic heterocycles. The summed E-state index contributed by atoms with van der Waals surface area (Å²) in [6.07, 6.45) is 2.92. The minimum atomic E-state index is -0.591. The standard InChI is InChI=1S/C28H23NO5/c1-2-29-22-11-7-6-10-21(22)27(28(29)20-8-4-3-5-9-20)23(30)17-32-26(31)15-13-19-12-14-24-25(16-19)34-18-33-24/h3-16H,2,17-18H2,1H3/b15-13+. The summed E-state index contributed by atoms with van der Waals surface area (Å²) in [4.78, 5) is 25.7. The quantitative estimate of drug-likeness (QED) is 0.210. The van der Waals surface area contributed by atoms with E-state index in [-0.39, 0.29) is 19.2 Å². The van der Waals surface area contributed by atoms with Crippen molar-refractivity contribution in [1.82, 2.24) is 4.57 Å². The van der Waals surface area contributed by atoms with Crippen LogP contribution in [0.5, 0.6) is 11.5 Å². The van der Waals surface area contributed by atoms with E-state index in [2.05, 4.69) is 4.57 Å². The first kappa shape index (κ1) is 21.5. The monoisotopic (exact) mass is 453 g/mol. The van der Waals surface area contributed by atoms with Crippen molar-refractivity contribution in [2.24, 2.45) is 0 Å². The van der Waals surface area contributed by atoms with Crippen molar-refractivity contribution in [1.29, 1.82) is 0 Å².